The topological polar surface area (TPSA) is 94.6 Å². The normalized spacial score (nSPS) is 20.1. The maximum absolute atomic E-state index is 11.9. The van der Waals surface area contributed by atoms with Crippen molar-refractivity contribution in [2.45, 2.75) is 51.6 Å². The minimum absolute atomic E-state index is 0.0550. The third kappa shape index (κ3) is 5.18. The third-order valence-corrected chi connectivity index (χ3v) is 4.79. The summed E-state index contributed by atoms with van der Waals surface area (Å²) in [6.45, 7) is 4.80. The lowest BCUT2D eigenvalue weighted by Crippen LogP contribution is -2.55. The van der Waals surface area contributed by atoms with Crippen molar-refractivity contribution in [3.63, 3.8) is 0 Å². The molecule has 0 spiro atoms. The molecule has 1 heterocycles. The van der Waals surface area contributed by atoms with Gasteiger partial charge in [-0.1, -0.05) is 20.3 Å². The molecule has 1 fully saturated rings. The van der Waals surface area contributed by atoms with Crippen LogP contribution in [0.3, 0.4) is 0 Å². The number of rotatable bonds is 8. The lowest BCUT2D eigenvalue weighted by Gasteiger charge is -2.42. The van der Waals surface area contributed by atoms with Gasteiger partial charge >= 0.3 is 12.0 Å². The van der Waals surface area contributed by atoms with E-state index < -0.39 is 5.97 Å². The maximum atomic E-state index is 11.9. The number of nitrogens with zero attached hydrogens (tertiary/aromatic N) is 2. The number of hydrogen-bond donors (Lipinski definition) is 3. The molecule has 0 saturated heterocycles. The largest absolute Gasteiger partial charge is 0.480 e. The molecule has 1 aromatic heterocycles. The van der Waals surface area contributed by atoms with Crippen LogP contribution in [0.1, 0.15) is 38.8 Å². The van der Waals surface area contributed by atoms with Crippen LogP contribution in [-0.2, 0) is 11.2 Å². The Morgan fingerprint density at radius 2 is 2.17 bits per heavy atom. The minimum atomic E-state index is -0.812. The maximum Gasteiger partial charge on any atom is 0.321 e. The minimum Gasteiger partial charge on any atom is -0.480 e. The zero-order valence-corrected chi connectivity index (χ0v) is 14.4. The van der Waals surface area contributed by atoms with Gasteiger partial charge in [0.1, 0.15) is 0 Å². The summed E-state index contributed by atoms with van der Waals surface area (Å²) in [5.41, 5.74) is 1.00. The molecular formula is C15H24N4O3S. The number of amides is 2. The molecule has 2 rings (SSSR count). The summed E-state index contributed by atoms with van der Waals surface area (Å²) in [7, 11) is 0. The molecule has 0 aliphatic heterocycles. The van der Waals surface area contributed by atoms with Crippen molar-refractivity contribution in [1.29, 1.82) is 0 Å². The van der Waals surface area contributed by atoms with Crippen LogP contribution in [0.5, 0.6) is 0 Å². The Morgan fingerprint density at radius 3 is 2.78 bits per heavy atom. The first-order valence-electron chi connectivity index (χ1n) is 7.99. The Hall–Kier alpha value is -1.67. The summed E-state index contributed by atoms with van der Waals surface area (Å²) in [6.07, 6.45) is 3.52. The van der Waals surface area contributed by atoms with Crippen molar-refractivity contribution >= 4 is 28.5 Å². The summed E-state index contributed by atoms with van der Waals surface area (Å²) >= 11 is 1.43. The van der Waals surface area contributed by atoms with Gasteiger partial charge in [0.15, 0.2) is 5.13 Å². The third-order valence-electron chi connectivity index (χ3n) is 3.99. The lowest BCUT2D eigenvalue weighted by atomic mass is 9.85. The molecule has 0 atom stereocenters. The van der Waals surface area contributed by atoms with Crippen molar-refractivity contribution in [2.24, 2.45) is 0 Å². The van der Waals surface area contributed by atoms with Gasteiger partial charge in [0.25, 0.3) is 0 Å². The smallest absolute Gasteiger partial charge is 0.321 e. The van der Waals surface area contributed by atoms with E-state index in [1.165, 1.54) is 11.3 Å². The molecule has 128 valence electrons. The molecule has 8 heteroatoms. The summed E-state index contributed by atoms with van der Waals surface area (Å²) in [5, 5.41) is 17.1. The zero-order valence-electron chi connectivity index (χ0n) is 13.5. The predicted octanol–water partition coefficient (Wildman–Crippen LogP) is 2.15. The molecule has 23 heavy (non-hydrogen) atoms. The van der Waals surface area contributed by atoms with E-state index in [0.29, 0.717) is 11.7 Å². The number of thiazole rings is 1. The van der Waals surface area contributed by atoms with E-state index >= 15 is 0 Å². The van der Waals surface area contributed by atoms with Gasteiger partial charge in [0.05, 0.1) is 12.2 Å². The Bertz CT molecular complexity index is 543. The summed E-state index contributed by atoms with van der Waals surface area (Å²) in [6, 6.07) is 0.0856. The summed E-state index contributed by atoms with van der Waals surface area (Å²) < 4.78 is 0. The molecule has 0 bridgehead atoms. The second-order valence-corrected chi connectivity index (χ2v) is 6.63. The average molecular weight is 340 g/mol. The molecule has 7 nitrogen and oxygen atoms in total. The van der Waals surface area contributed by atoms with Crippen LogP contribution >= 0.6 is 11.3 Å². The molecule has 1 aliphatic carbocycles. The number of likely N-dealkylation sites (N-methyl/N-ethyl adjacent to an activating group) is 1. The summed E-state index contributed by atoms with van der Waals surface area (Å²) in [4.78, 5) is 29.0. The van der Waals surface area contributed by atoms with Gasteiger partial charge in [-0.05, 0) is 25.8 Å². The highest BCUT2D eigenvalue weighted by atomic mass is 32.1. The zero-order chi connectivity index (χ0) is 16.8. The second-order valence-electron chi connectivity index (χ2n) is 5.77. The van der Waals surface area contributed by atoms with Gasteiger partial charge in [-0.15, -0.1) is 11.3 Å². The standard InChI is InChI=1S/C15H24N4O3S/c1-3-5-10-9-23-15(17-10)18-14(22)16-11-6-12(7-11)19(4-2)8-13(20)21/h9,11-12H,3-8H2,1-2H3,(H,20,21)(H2,16,17,18,22). The van der Waals surface area contributed by atoms with Crippen LogP contribution in [0.15, 0.2) is 5.38 Å². The van der Waals surface area contributed by atoms with Gasteiger partial charge in [0.2, 0.25) is 0 Å². The van der Waals surface area contributed by atoms with Gasteiger partial charge in [-0.25, -0.2) is 9.78 Å². The van der Waals surface area contributed by atoms with Crippen molar-refractivity contribution in [2.75, 3.05) is 18.4 Å². The number of nitrogens with one attached hydrogen (secondary N) is 2. The number of aliphatic carboxylic acids is 1. The van der Waals surface area contributed by atoms with Crippen LogP contribution in [0.2, 0.25) is 0 Å². The molecule has 0 radical (unpaired) electrons. The van der Waals surface area contributed by atoms with Crippen LogP contribution in [0.25, 0.3) is 0 Å². The highest BCUT2D eigenvalue weighted by Crippen LogP contribution is 2.25. The molecule has 1 aromatic rings. The monoisotopic (exact) mass is 340 g/mol. The lowest BCUT2D eigenvalue weighted by molar-refractivity contribution is -0.139. The molecule has 0 aromatic carbocycles. The quantitative estimate of drug-likeness (QED) is 0.674. The first-order chi connectivity index (χ1) is 11.0. The van der Waals surface area contributed by atoms with Crippen LogP contribution in [-0.4, -0.2) is 52.2 Å². The number of hydrogen-bond acceptors (Lipinski definition) is 5. The second kappa shape index (κ2) is 8.26. The number of aryl methyl sites for hydroxylation is 1. The number of carbonyl (C=O) groups excluding carboxylic acids is 1. The van der Waals surface area contributed by atoms with Crippen molar-refractivity contribution in [3.05, 3.63) is 11.1 Å². The Kier molecular flexibility index (Phi) is 6.35. The SMILES string of the molecule is CCCc1csc(NC(=O)NC2CC(N(CC)CC(=O)O)C2)n1. The van der Waals surface area contributed by atoms with E-state index in [0.717, 1.165) is 31.4 Å². The highest BCUT2D eigenvalue weighted by Gasteiger charge is 2.34. The van der Waals surface area contributed by atoms with Crippen LogP contribution in [0, 0.1) is 0 Å². The number of urea groups is 1. The van der Waals surface area contributed by atoms with Crippen molar-refractivity contribution < 1.29 is 14.7 Å². The van der Waals surface area contributed by atoms with Crippen LogP contribution < -0.4 is 10.6 Å². The number of anilines is 1. The van der Waals surface area contributed by atoms with E-state index in [4.69, 9.17) is 5.11 Å². The van der Waals surface area contributed by atoms with Crippen LogP contribution in [0.4, 0.5) is 9.93 Å². The fourth-order valence-electron chi connectivity index (χ4n) is 2.73. The highest BCUT2D eigenvalue weighted by molar-refractivity contribution is 7.13. The van der Waals surface area contributed by atoms with Crippen molar-refractivity contribution in [1.82, 2.24) is 15.2 Å². The number of carbonyl (C=O) groups is 2. The van der Waals surface area contributed by atoms with Gasteiger partial charge < -0.3 is 10.4 Å². The van der Waals surface area contributed by atoms with Gasteiger partial charge in [-0.2, -0.15) is 0 Å². The number of aromatic nitrogens is 1. The number of carboxylic acids is 1. The first-order valence-corrected chi connectivity index (χ1v) is 8.87. The Morgan fingerprint density at radius 1 is 1.43 bits per heavy atom. The van der Waals surface area contributed by atoms with Gasteiger partial charge in [0, 0.05) is 17.5 Å². The fraction of sp³-hybridized carbons (Fsp3) is 0.667. The summed E-state index contributed by atoms with van der Waals surface area (Å²) in [5.74, 6) is -0.812. The first kappa shape index (κ1) is 17.7. The van der Waals surface area contributed by atoms with E-state index in [2.05, 4.69) is 22.5 Å². The van der Waals surface area contributed by atoms with E-state index in [9.17, 15) is 9.59 Å². The Balaban J connectivity index is 1.72. The molecule has 3 N–H and O–H groups in total. The predicted molar refractivity (Wildman–Crippen MR) is 90.0 cm³/mol. The molecule has 0 unspecified atom stereocenters. The molecule has 2 amide bonds. The molecule has 1 aliphatic rings. The average Bonchev–Trinajstić information content (AvgIpc) is 2.87. The molecular weight excluding hydrogens is 316 g/mol. The van der Waals surface area contributed by atoms with E-state index in [1.54, 1.807) is 0 Å². The van der Waals surface area contributed by atoms with Crippen molar-refractivity contribution in [3.8, 4) is 0 Å². The Labute approximate surface area is 140 Å². The molecule has 1 saturated carbocycles. The van der Waals surface area contributed by atoms with E-state index in [1.807, 2.05) is 17.2 Å². The number of carboxylic acid groups (broad SMARTS) is 1. The van der Waals surface area contributed by atoms with Gasteiger partial charge in [-0.3, -0.25) is 15.0 Å². The fourth-order valence-corrected chi connectivity index (χ4v) is 3.47. The van der Waals surface area contributed by atoms with E-state index in [-0.39, 0.29) is 24.7 Å².